The molecule has 0 saturated carbocycles. The third-order valence-corrected chi connectivity index (χ3v) is 9.23. The zero-order valence-corrected chi connectivity index (χ0v) is 25.6. The van der Waals surface area contributed by atoms with Gasteiger partial charge in [0.25, 0.3) is 0 Å². The molecule has 0 aromatic heterocycles. The molecule has 0 aliphatic rings. The van der Waals surface area contributed by atoms with Crippen molar-refractivity contribution in [2.24, 2.45) is 0 Å². The van der Waals surface area contributed by atoms with Crippen molar-refractivity contribution in [3.8, 4) is 44.5 Å². The van der Waals surface area contributed by atoms with E-state index < -0.39 is 0 Å². The first kappa shape index (κ1) is 28.9. The Labute approximate surface area is 276 Å². The summed E-state index contributed by atoms with van der Waals surface area (Å²) in [6, 6.07) is 43.2. The SMILES string of the molecule is O=Cc1cccc(-c2cc(-c3cccc(C=O)c3)c3ccc4c(-c5cccc(C=O)c5)cc(-c5cccc(C=O)c5)c5ccc2c3c54)c1. The molecular weight excluding hydrogens is 592 g/mol. The maximum absolute atomic E-state index is 11.8. The maximum Gasteiger partial charge on any atom is 0.150 e. The van der Waals surface area contributed by atoms with Crippen molar-refractivity contribution in [1.82, 2.24) is 0 Å². The zero-order chi connectivity index (χ0) is 32.8. The molecule has 48 heavy (non-hydrogen) atoms. The van der Waals surface area contributed by atoms with Gasteiger partial charge in [-0.1, -0.05) is 97.1 Å². The van der Waals surface area contributed by atoms with Crippen LogP contribution in [0.5, 0.6) is 0 Å². The standard InChI is InChI=1S/C44H26O4/c45-23-27-5-1-9-31(17-27)39-21-40(32-10-2-6-28(18-32)24-46)36-15-16-38-42(34-12-4-8-30(20-34)26-48)22-41(33-11-3-7-29(19-33)25-47)37-14-13-35(39)43(36)44(37)38/h1-26H. The van der Waals surface area contributed by atoms with E-state index in [1.54, 1.807) is 24.3 Å². The van der Waals surface area contributed by atoms with Crippen LogP contribution in [0.3, 0.4) is 0 Å². The quantitative estimate of drug-likeness (QED) is 0.126. The minimum absolute atomic E-state index is 0.581. The van der Waals surface area contributed by atoms with Crippen molar-refractivity contribution in [2.75, 3.05) is 0 Å². The first-order valence-electron chi connectivity index (χ1n) is 15.6. The molecular formula is C44H26O4. The Hall–Kier alpha value is -6.52. The fraction of sp³-hybridized carbons (Fsp3) is 0. The van der Waals surface area contributed by atoms with E-state index in [-0.39, 0.29) is 0 Å². The number of hydrogen-bond donors (Lipinski definition) is 0. The van der Waals surface area contributed by atoms with Crippen LogP contribution >= 0.6 is 0 Å². The molecule has 0 radical (unpaired) electrons. The molecule has 0 fully saturated rings. The third kappa shape index (κ3) is 4.70. The van der Waals surface area contributed by atoms with Crippen molar-refractivity contribution in [3.63, 3.8) is 0 Å². The lowest BCUT2D eigenvalue weighted by molar-refractivity contribution is 0.111. The molecule has 0 amide bonds. The van der Waals surface area contributed by atoms with E-state index in [4.69, 9.17) is 0 Å². The van der Waals surface area contributed by atoms with E-state index in [1.165, 1.54) is 0 Å². The van der Waals surface area contributed by atoms with Crippen molar-refractivity contribution in [3.05, 3.63) is 156 Å². The van der Waals surface area contributed by atoms with Crippen LogP contribution in [0.2, 0.25) is 0 Å². The molecule has 0 N–H and O–H groups in total. The maximum atomic E-state index is 11.8. The molecule has 226 valence electrons. The van der Waals surface area contributed by atoms with Crippen molar-refractivity contribution >= 4 is 57.5 Å². The van der Waals surface area contributed by atoms with Gasteiger partial charge in [0.2, 0.25) is 0 Å². The smallest absolute Gasteiger partial charge is 0.150 e. The summed E-state index contributed by atoms with van der Waals surface area (Å²) in [5.74, 6) is 0. The molecule has 0 aliphatic carbocycles. The summed E-state index contributed by atoms with van der Waals surface area (Å²) in [5.41, 5.74) is 9.80. The Morgan fingerprint density at radius 1 is 0.292 bits per heavy atom. The van der Waals surface area contributed by atoms with Gasteiger partial charge in [0.15, 0.2) is 0 Å². The topological polar surface area (TPSA) is 68.3 Å². The molecule has 0 atom stereocenters. The summed E-state index contributed by atoms with van der Waals surface area (Å²) in [5, 5.41) is 6.18. The number of carbonyl (C=O) groups is 4. The second-order valence-electron chi connectivity index (χ2n) is 12.0. The normalized spacial score (nSPS) is 11.2. The van der Waals surface area contributed by atoms with Gasteiger partial charge in [0.1, 0.15) is 25.1 Å². The van der Waals surface area contributed by atoms with Crippen molar-refractivity contribution < 1.29 is 19.2 Å². The largest absolute Gasteiger partial charge is 0.298 e. The Morgan fingerprint density at radius 2 is 0.542 bits per heavy atom. The molecule has 4 nitrogen and oxygen atoms in total. The average molecular weight is 619 g/mol. The van der Waals surface area contributed by atoms with E-state index in [2.05, 4.69) is 36.4 Å². The first-order valence-corrected chi connectivity index (χ1v) is 15.6. The van der Waals surface area contributed by atoms with Gasteiger partial charge >= 0.3 is 0 Å². The summed E-state index contributed by atoms with van der Waals surface area (Å²) in [6.45, 7) is 0. The third-order valence-electron chi connectivity index (χ3n) is 9.23. The number of rotatable bonds is 8. The molecule has 4 heteroatoms. The van der Waals surface area contributed by atoms with Crippen molar-refractivity contribution in [2.45, 2.75) is 0 Å². The molecule has 8 rings (SSSR count). The lowest BCUT2D eigenvalue weighted by Gasteiger charge is -2.22. The van der Waals surface area contributed by atoms with Gasteiger partial charge in [0, 0.05) is 22.3 Å². The van der Waals surface area contributed by atoms with Gasteiger partial charge in [0.05, 0.1) is 0 Å². The first-order chi connectivity index (χ1) is 23.6. The van der Waals surface area contributed by atoms with E-state index in [1.807, 2.05) is 72.8 Å². The summed E-state index contributed by atoms with van der Waals surface area (Å²) in [6.07, 6.45) is 3.42. The molecule has 0 bridgehead atoms. The predicted octanol–water partition coefficient (Wildman–Crippen LogP) is 10.5. The summed E-state index contributed by atoms with van der Waals surface area (Å²) >= 11 is 0. The molecule has 0 saturated heterocycles. The lowest BCUT2D eigenvalue weighted by atomic mass is 9.81. The lowest BCUT2D eigenvalue weighted by Crippen LogP contribution is -1.95. The molecule has 8 aromatic rings. The van der Waals surface area contributed by atoms with Gasteiger partial charge in [-0.15, -0.1) is 0 Å². The minimum atomic E-state index is 0.581. The number of aldehydes is 4. The van der Waals surface area contributed by atoms with Crippen LogP contribution in [-0.4, -0.2) is 25.1 Å². The van der Waals surface area contributed by atoms with Crippen molar-refractivity contribution in [1.29, 1.82) is 0 Å². The second kappa shape index (κ2) is 11.7. The minimum Gasteiger partial charge on any atom is -0.298 e. The predicted molar refractivity (Wildman–Crippen MR) is 193 cm³/mol. The van der Waals surface area contributed by atoms with Gasteiger partial charge in [-0.2, -0.15) is 0 Å². The Kier molecular flexibility index (Phi) is 7.04. The van der Waals surface area contributed by atoms with Crippen LogP contribution in [0, 0.1) is 0 Å². The number of benzene rings is 8. The number of hydrogen-bond acceptors (Lipinski definition) is 4. The highest BCUT2D eigenvalue weighted by Gasteiger charge is 2.21. The average Bonchev–Trinajstić information content (AvgIpc) is 3.16. The molecule has 8 aromatic carbocycles. The highest BCUT2D eigenvalue weighted by molar-refractivity contribution is 6.32. The monoisotopic (exact) mass is 618 g/mol. The van der Waals surface area contributed by atoms with E-state index in [9.17, 15) is 19.2 Å². The molecule has 0 spiro atoms. The van der Waals surface area contributed by atoms with E-state index >= 15 is 0 Å². The number of carbonyl (C=O) groups excluding carboxylic acids is 4. The van der Waals surface area contributed by atoms with Gasteiger partial charge in [-0.3, -0.25) is 19.2 Å². The van der Waals surface area contributed by atoms with E-state index in [0.717, 1.165) is 102 Å². The summed E-state index contributed by atoms with van der Waals surface area (Å²) in [7, 11) is 0. The highest BCUT2D eigenvalue weighted by Crippen LogP contribution is 2.48. The van der Waals surface area contributed by atoms with Crippen LogP contribution in [-0.2, 0) is 0 Å². The van der Waals surface area contributed by atoms with E-state index in [0.29, 0.717) is 22.3 Å². The highest BCUT2D eigenvalue weighted by atomic mass is 16.1. The summed E-state index contributed by atoms with van der Waals surface area (Å²) in [4.78, 5) is 47.4. The molecule has 0 heterocycles. The fourth-order valence-corrected chi connectivity index (χ4v) is 7.07. The Balaban J connectivity index is 1.58. The van der Waals surface area contributed by atoms with Crippen LogP contribution < -0.4 is 0 Å². The van der Waals surface area contributed by atoms with Crippen LogP contribution in [0.1, 0.15) is 41.4 Å². The van der Waals surface area contributed by atoms with Gasteiger partial charge in [-0.05, 0) is 113 Å². The van der Waals surface area contributed by atoms with Crippen LogP contribution in [0.15, 0.2) is 133 Å². The van der Waals surface area contributed by atoms with Crippen LogP contribution in [0.4, 0.5) is 0 Å². The van der Waals surface area contributed by atoms with Gasteiger partial charge in [-0.25, -0.2) is 0 Å². The second-order valence-corrected chi connectivity index (χ2v) is 12.0. The Bertz CT molecular complexity index is 2240. The summed E-state index contributed by atoms with van der Waals surface area (Å²) < 4.78 is 0. The Morgan fingerprint density at radius 3 is 0.771 bits per heavy atom. The van der Waals surface area contributed by atoms with Crippen LogP contribution in [0.25, 0.3) is 76.8 Å². The fourth-order valence-electron chi connectivity index (χ4n) is 7.07. The van der Waals surface area contributed by atoms with Gasteiger partial charge < -0.3 is 0 Å². The zero-order valence-electron chi connectivity index (χ0n) is 25.6. The molecule has 0 aliphatic heterocycles. The molecule has 0 unspecified atom stereocenters.